The Labute approximate surface area is 174 Å². The van der Waals surface area contributed by atoms with E-state index in [9.17, 15) is 13.2 Å². The largest absolute Gasteiger partial charge is 0.352 e. The van der Waals surface area contributed by atoms with Crippen LogP contribution in [0.3, 0.4) is 0 Å². The highest BCUT2D eigenvalue weighted by Crippen LogP contribution is 2.22. The number of carbonyl (C=O) groups is 1. The number of carbonyl (C=O) groups excluding carboxylic acids is 1. The molecular formula is C19H31ClN4O3S. The third-order valence-electron chi connectivity index (χ3n) is 5.50. The van der Waals surface area contributed by atoms with Crippen molar-refractivity contribution >= 4 is 28.3 Å². The average molecular weight is 431 g/mol. The van der Waals surface area contributed by atoms with Gasteiger partial charge < -0.3 is 15.5 Å². The van der Waals surface area contributed by atoms with E-state index in [-0.39, 0.29) is 30.8 Å². The van der Waals surface area contributed by atoms with E-state index in [0.29, 0.717) is 29.6 Å². The second-order valence-corrected chi connectivity index (χ2v) is 9.52. The van der Waals surface area contributed by atoms with Crippen molar-refractivity contribution in [2.45, 2.75) is 37.2 Å². The van der Waals surface area contributed by atoms with Gasteiger partial charge in [0.1, 0.15) is 0 Å². The first kappa shape index (κ1) is 23.1. The molecular weight excluding hydrogens is 400 g/mol. The lowest BCUT2D eigenvalue weighted by molar-refractivity contribution is -0.126. The molecule has 2 N–H and O–H groups in total. The van der Waals surface area contributed by atoms with Crippen molar-refractivity contribution in [3.63, 3.8) is 0 Å². The summed E-state index contributed by atoms with van der Waals surface area (Å²) in [6.07, 6.45) is 1.63. The maximum absolute atomic E-state index is 13.1. The smallest absolute Gasteiger partial charge is 0.243 e. The molecule has 0 bridgehead atoms. The zero-order valence-corrected chi connectivity index (χ0v) is 18.2. The summed E-state index contributed by atoms with van der Waals surface area (Å²) < 4.78 is 27.7. The van der Waals surface area contributed by atoms with Crippen molar-refractivity contribution in [2.24, 2.45) is 5.92 Å². The molecule has 1 amide bonds. The number of hydrogen-bond donors (Lipinski definition) is 2. The Morgan fingerprint density at radius 3 is 2.57 bits per heavy atom. The molecule has 0 spiro atoms. The number of halogens is 1. The van der Waals surface area contributed by atoms with Crippen LogP contribution < -0.4 is 10.6 Å². The third kappa shape index (κ3) is 5.45. The normalized spacial score (nSPS) is 24.4. The van der Waals surface area contributed by atoms with Crippen LogP contribution >= 0.6 is 12.4 Å². The molecule has 2 fully saturated rings. The Morgan fingerprint density at radius 2 is 1.89 bits per heavy atom. The molecule has 7 nitrogen and oxygen atoms in total. The highest BCUT2D eigenvalue weighted by molar-refractivity contribution is 7.89. The van der Waals surface area contributed by atoms with Crippen LogP contribution in [-0.4, -0.2) is 69.3 Å². The molecule has 1 aromatic carbocycles. The summed E-state index contributed by atoms with van der Waals surface area (Å²) in [5, 5.41) is 6.29. The zero-order chi connectivity index (χ0) is 19.4. The van der Waals surface area contributed by atoms with E-state index in [1.165, 1.54) is 0 Å². The molecule has 2 atom stereocenters. The summed E-state index contributed by atoms with van der Waals surface area (Å²) in [5.41, 5.74) is 0.645. The van der Waals surface area contributed by atoms with Crippen LogP contribution in [0.2, 0.25) is 0 Å². The van der Waals surface area contributed by atoms with Gasteiger partial charge in [0.05, 0.1) is 4.90 Å². The van der Waals surface area contributed by atoms with Crippen molar-refractivity contribution in [1.29, 1.82) is 0 Å². The van der Waals surface area contributed by atoms with Gasteiger partial charge in [0.2, 0.25) is 15.9 Å². The third-order valence-corrected chi connectivity index (χ3v) is 7.50. The summed E-state index contributed by atoms with van der Waals surface area (Å²) in [6.45, 7) is 5.60. The van der Waals surface area contributed by atoms with Crippen LogP contribution in [0.5, 0.6) is 0 Å². The van der Waals surface area contributed by atoms with E-state index in [2.05, 4.69) is 22.5 Å². The van der Waals surface area contributed by atoms with Gasteiger partial charge in [0.15, 0.2) is 0 Å². The standard InChI is InChI=1S/C19H30N4O3S.ClH/c1-15-13-16(7-8-20-15)19(24)21-14-17-5-3-4-6-18(17)27(25,26)23-11-9-22(2)10-12-23;/h3-6,15-16,20H,7-14H2,1-2H3,(H,21,24);1H/t15-,16-;/m0./s1. The highest BCUT2D eigenvalue weighted by Gasteiger charge is 2.30. The zero-order valence-electron chi connectivity index (χ0n) is 16.6. The predicted octanol–water partition coefficient (Wildman–Crippen LogP) is 1.05. The number of rotatable bonds is 5. The van der Waals surface area contributed by atoms with Crippen LogP contribution in [0.15, 0.2) is 29.2 Å². The van der Waals surface area contributed by atoms with Gasteiger partial charge in [-0.3, -0.25) is 4.79 Å². The minimum atomic E-state index is -3.55. The topological polar surface area (TPSA) is 81.8 Å². The summed E-state index contributed by atoms with van der Waals surface area (Å²) in [4.78, 5) is 14.9. The monoisotopic (exact) mass is 430 g/mol. The van der Waals surface area contributed by atoms with E-state index in [1.54, 1.807) is 22.5 Å². The molecule has 0 aliphatic carbocycles. The fourth-order valence-electron chi connectivity index (χ4n) is 3.77. The maximum Gasteiger partial charge on any atom is 0.243 e. The summed E-state index contributed by atoms with van der Waals surface area (Å²) in [5.74, 6) is -0.00204. The van der Waals surface area contributed by atoms with Gasteiger partial charge >= 0.3 is 0 Å². The molecule has 2 aliphatic heterocycles. The predicted molar refractivity (Wildman–Crippen MR) is 112 cm³/mol. The van der Waals surface area contributed by atoms with E-state index in [4.69, 9.17) is 0 Å². The van der Waals surface area contributed by atoms with Gasteiger partial charge in [0.25, 0.3) is 0 Å². The number of sulfonamides is 1. The van der Waals surface area contributed by atoms with Crippen LogP contribution in [0.25, 0.3) is 0 Å². The quantitative estimate of drug-likeness (QED) is 0.729. The number of benzene rings is 1. The highest BCUT2D eigenvalue weighted by atomic mass is 35.5. The van der Waals surface area contributed by atoms with E-state index < -0.39 is 10.0 Å². The molecule has 3 rings (SSSR count). The van der Waals surface area contributed by atoms with Crippen molar-refractivity contribution in [3.8, 4) is 0 Å². The molecule has 2 saturated heterocycles. The number of piperazine rings is 1. The molecule has 2 heterocycles. The van der Waals surface area contributed by atoms with Gasteiger partial charge in [-0.15, -0.1) is 12.4 Å². The maximum atomic E-state index is 13.1. The number of likely N-dealkylation sites (N-methyl/N-ethyl adjacent to an activating group) is 1. The SMILES string of the molecule is C[C@H]1C[C@@H](C(=O)NCc2ccccc2S(=O)(=O)N2CCN(C)CC2)CCN1.Cl. The van der Waals surface area contributed by atoms with E-state index in [1.807, 2.05) is 13.1 Å². The first-order valence-electron chi connectivity index (χ1n) is 9.65. The second kappa shape index (κ2) is 10.0. The minimum Gasteiger partial charge on any atom is -0.352 e. The molecule has 1 aromatic rings. The Hall–Kier alpha value is -1.19. The first-order chi connectivity index (χ1) is 12.9. The van der Waals surface area contributed by atoms with Gasteiger partial charge in [-0.2, -0.15) is 4.31 Å². The van der Waals surface area contributed by atoms with Gasteiger partial charge in [0, 0.05) is 44.7 Å². The van der Waals surface area contributed by atoms with Crippen LogP contribution in [-0.2, 0) is 21.4 Å². The first-order valence-corrected chi connectivity index (χ1v) is 11.1. The summed E-state index contributed by atoms with van der Waals surface area (Å²) in [7, 11) is -1.56. The van der Waals surface area contributed by atoms with Crippen LogP contribution in [0, 0.1) is 5.92 Å². The molecule has 2 aliphatic rings. The average Bonchev–Trinajstić information content (AvgIpc) is 2.66. The molecule has 0 unspecified atom stereocenters. The van der Waals surface area contributed by atoms with Gasteiger partial charge in [-0.1, -0.05) is 18.2 Å². The lowest BCUT2D eigenvalue weighted by atomic mass is 9.92. The Bertz CT molecular complexity index is 766. The van der Waals surface area contributed by atoms with Gasteiger partial charge in [-0.05, 0) is 45.0 Å². The van der Waals surface area contributed by atoms with Crippen molar-refractivity contribution in [3.05, 3.63) is 29.8 Å². The second-order valence-electron chi connectivity index (χ2n) is 7.61. The Balaban J connectivity index is 0.00000280. The fraction of sp³-hybridized carbons (Fsp3) is 0.632. The Morgan fingerprint density at radius 1 is 1.21 bits per heavy atom. The van der Waals surface area contributed by atoms with Crippen molar-refractivity contribution in [1.82, 2.24) is 19.8 Å². The molecule has 0 aromatic heterocycles. The number of nitrogens with one attached hydrogen (secondary N) is 2. The van der Waals surface area contributed by atoms with Gasteiger partial charge in [-0.25, -0.2) is 8.42 Å². The number of piperidine rings is 1. The van der Waals surface area contributed by atoms with Crippen molar-refractivity contribution < 1.29 is 13.2 Å². The molecule has 158 valence electrons. The number of hydrogen-bond acceptors (Lipinski definition) is 5. The van der Waals surface area contributed by atoms with Crippen LogP contribution in [0.1, 0.15) is 25.3 Å². The summed E-state index contributed by atoms with van der Waals surface area (Å²) in [6, 6.07) is 7.31. The Kier molecular flexibility index (Phi) is 8.27. The fourth-order valence-corrected chi connectivity index (χ4v) is 5.41. The van der Waals surface area contributed by atoms with E-state index >= 15 is 0 Å². The molecule has 28 heavy (non-hydrogen) atoms. The number of amides is 1. The van der Waals surface area contributed by atoms with Crippen molar-refractivity contribution in [2.75, 3.05) is 39.8 Å². The van der Waals surface area contributed by atoms with Crippen LogP contribution in [0.4, 0.5) is 0 Å². The molecule has 9 heteroatoms. The molecule has 0 saturated carbocycles. The lowest BCUT2D eigenvalue weighted by Gasteiger charge is -2.32. The number of nitrogens with zero attached hydrogens (tertiary/aromatic N) is 2. The minimum absolute atomic E-state index is 0. The summed E-state index contributed by atoms with van der Waals surface area (Å²) >= 11 is 0. The molecule has 0 radical (unpaired) electrons. The van der Waals surface area contributed by atoms with E-state index in [0.717, 1.165) is 32.5 Å². The lowest BCUT2D eigenvalue weighted by Crippen LogP contribution is -2.47.